The van der Waals surface area contributed by atoms with Gasteiger partial charge in [0, 0.05) is 31.9 Å². The van der Waals surface area contributed by atoms with E-state index in [4.69, 9.17) is 5.73 Å². The third-order valence-electron chi connectivity index (χ3n) is 3.12. The molecule has 0 amide bonds. The summed E-state index contributed by atoms with van der Waals surface area (Å²) in [5, 5.41) is 3.51. The van der Waals surface area contributed by atoms with Crippen LogP contribution in [0.2, 0.25) is 0 Å². The SMILES string of the molecule is CC1(C)CC1NCc1cn(CCN)cn1. The van der Waals surface area contributed by atoms with Crippen molar-refractivity contribution >= 4 is 0 Å². The summed E-state index contributed by atoms with van der Waals surface area (Å²) in [5.41, 5.74) is 7.06. The smallest absolute Gasteiger partial charge is 0.0950 e. The van der Waals surface area contributed by atoms with Crippen molar-refractivity contribution in [2.24, 2.45) is 11.1 Å². The first-order valence-electron chi connectivity index (χ1n) is 5.56. The van der Waals surface area contributed by atoms with Gasteiger partial charge in [-0.15, -0.1) is 0 Å². The fraction of sp³-hybridized carbons (Fsp3) is 0.727. The van der Waals surface area contributed by atoms with E-state index in [1.165, 1.54) is 6.42 Å². The Morgan fingerprint density at radius 2 is 2.40 bits per heavy atom. The maximum Gasteiger partial charge on any atom is 0.0950 e. The molecule has 84 valence electrons. The predicted octanol–water partition coefficient (Wildman–Crippen LogP) is 0.730. The molecular formula is C11H20N4. The summed E-state index contributed by atoms with van der Waals surface area (Å²) < 4.78 is 2.04. The summed E-state index contributed by atoms with van der Waals surface area (Å²) in [6.07, 6.45) is 5.19. The highest BCUT2D eigenvalue weighted by Crippen LogP contribution is 2.44. The molecule has 4 nitrogen and oxygen atoms in total. The summed E-state index contributed by atoms with van der Waals surface area (Å²) in [6.45, 7) is 6.96. The maximum absolute atomic E-state index is 5.47. The molecule has 15 heavy (non-hydrogen) atoms. The minimum atomic E-state index is 0.486. The highest BCUT2D eigenvalue weighted by atomic mass is 15.1. The van der Waals surface area contributed by atoms with Gasteiger partial charge in [-0.1, -0.05) is 13.8 Å². The lowest BCUT2D eigenvalue weighted by Gasteiger charge is -2.04. The third-order valence-corrected chi connectivity index (χ3v) is 3.12. The van der Waals surface area contributed by atoms with Crippen LogP contribution in [0.5, 0.6) is 0 Å². The third kappa shape index (κ3) is 2.58. The molecule has 0 spiro atoms. The van der Waals surface area contributed by atoms with Gasteiger partial charge in [0.15, 0.2) is 0 Å². The molecule has 0 saturated heterocycles. The molecule has 1 aliphatic rings. The van der Waals surface area contributed by atoms with Crippen molar-refractivity contribution in [1.29, 1.82) is 0 Å². The zero-order valence-electron chi connectivity index (χ0n) is 9.53. The van der Waals surface area contributed by atoms with Gasteiger partial charge in [-0.2, -0.15) is 0 Å². The van der Waals surface area contributed by atoms with Gasteiger partial charge in [0.1, 0.15) is 0 Å². The average Bonchev–Trinajstić information content (AvgIpc) is 2.62. The summed E-state index contributed by atoms with van der Waals surface area (Å²) in [6, 6.07) is 0.664. The van der Waals surface area contributed by atoms with E-state index in [9.17, 15) is 0 Å². The first-order chi connectivity index (χ1) is 7.12. The van der Waals surface area contributed by atoms with Crippen LogP contribution in [0.3, 0.4) is 0 Å². The zero-order valence-corrected chi connectivity index (χ0v) is 9.53. The predicted molar refractivity (Wildman–Crippen MR) is 60.3 cm³/mol. The fourth-order valence-electron chi connectivity index (χ4n) is 1.81. The average molecular weight is 208 g/mol. The Morgan fingerprint density at radius 1 is 1.67 bits per heavy atom. The van der Waals surface area contributed by atoms with Crippen LogP contribution >= 0.6 is 0 Å². The molecule has 0 aliphatic heterocycles. The van der Waals surface area contributed by atoms with Gasteiger partial charge in [0.05, 0.1) is 12.0 Å². The zero-order chi connectivity index (χ0) is 10.9. The Labute approximate surface area is 90.9 Å². The van der Waals surface area contributed by atoms with Crippen LogP contribution in [-0.4, -0.2) is 22.1 Å². The van der Waals surface area contributed by atoms with Crippen LogP contribution in [0.1, 0.15) is 26.0 Å². The topological polar surface area (TPSA) is 55.9 Å². The molecule has 1 aliphatic carbocycles. The van der Waals surface area contributed by atoms with E-state index in [-0.39, 0.29) is 0 Å². The van der Waals surface area contributed by atoms with Crippen LogP contribution in [-0.2, 0) is 13.1 Å². The first-order valence-corrected chi connectivity index (χ1v) is 5.56. The van der Waals surface area contributed by atoms with Crippen LogP contribution in [0, 0.1) is 5.41 Å². The lowest BCUT2D eigenvalue weighted by atomic mass is 10.2. The second-order valence-corrected chi connectivity index (χ2v) is 5.02. The molecule has 0 radical (unpaired) electrons. The van der Waals surface area contributed by atoms with Gasteiger partial charge in [-0.25, -0.2) is 4.98 Å². The number of hydrogen-bond donors (Lipinski definition) is 2. The lowest BCUT2D eigenvalue weighted by molar-refractivity contribution is 0.539. The molecule has 1 heterocycles. The van der Waals surface area contributed by atoms with Gasteiger partial charge >= 0.3 is 0 Å². The van der Waals surface area contributed by atoms with Crippen molar-refractivity contribution in [2.75, 3.05) is 6.54 Å². The number of nitrogens with two attached hydrogens (primary N) is 1. The van der Waals surface area contributed by atoms with Crippen molar-refractivity contribution in [3.63, 3.8) is 0 Å². The Kier molecular flexibility index (Phi) is 2.80. The minimum Gasteiger partial charge on any atom is -0.336 e. The van der Waals surface area contributed by atoms with Crippen LogP contribution in [0.4, 0.5) is 0 Å². The molecule has 1 fully saturated rings. The van der Waals surface area contributed by atoms with E-state index in [0.717, 1.165) is 18.8 Å². The van der Waals surface area contributed by atoms with E-state index in [0.29, 0.717) is 18.0 Å². The molecule has 0 aromatic carbocycles. The molecule has 1 aromatic rings. The molecule has 1 unspecified atom stereocenters. The largest absolute Gasteiger partial charge is 0.336 e. The Morgan fingerprint density at radius 3 is 3.00 bits per heavy atom. The number of nitrogens with one attached hydrogen (secondary N) is 1. The minimum absolute atomic E-state index is 0.486. The molecular weight excluding hydrogens is 188 g/mol. The number of nitrogens with zero attached hydrogens (tertiary/aromatic N) is 2. The van der Waals surface area contributed by atoms with Crippen LogP contribution in [0.15, 0.2) is 12.5 Å². The normalized spacial score (nSPS) is 23.0. The van der Waals surface area contributed by atoms with E-state index >= 15 is 0 Å². The second-order valence-electron chi connectivity index (χ2n) is 5.02. The number of aromatic nitrogens is 2. The first kappa shape index (κ1) is 10.6. The van der Waals surface area contributed by atoms with Crippen LogP contribution in [0.25, 0.3) is 0 Å². The summed E-state index contributed by atoms with van der Waals surface area (Å²) >= 11 is 0. The second kappa shape index (κ2) is 3.94. The quantitative estimate of drug-likeness (QED) is 0.750. The number of rotatable bonds is 5. The standard InChI is InChI=1S/C11H20N4/c1-11(2)5-10(11)13-6-9-7-15(4-3-12)8-14-9/h7-8,10,13H,3-6,12H2,1-2H3. The molecule has 2 rings (SSSR count). The Bertz CT molecular complexity index is 329. The van der Waals surface area contributed by atoms with E-state index < -0.39 is 0 Å². The number of hydrogen-bond acceptors (Lipinski definition) is 3. The molecule has 0 bridgehead atoms. The summed E-state index contributed by atoms with van der Waals surface area (Å²) in [5.74, 6) is 0. The molecule has 4 heteroatoms. The maximum atomic E-state index is 5.47. The van der Waals surface area contributed by atoms with E-state index in [1.807, 2.05) is 10.9 Å². The van der Waals surface area contributed by atoms with E-state index in [1.54, 1.807) is 0 Å². The van der Waals surface area contributed by atoms with Crippen molar-refractivity contribution < 1.29 is 0 Å². The highest BCUT2D eigenvalue weighted by Gasteiger charge is 2.45. The Hall–Kier alpha value is -0.870. The monoisotopic (exact) mass is 208 g/mol. The summed E-state index contributed by atoms with van der Waals surface area (Å²) in [7, 11) is 0. The highest BCUT2D eigenvalue weighted by molar-refractivity contribution is 5.04. The van der Waals surface area contributed by atoms with Gasteiger partial charge in [-0.3, -0.25) is 0 Å². The molecule has 1 atom stereocenters. The fourth-order valence-corrected chi connectivity index (χ4v) is 1.81. The number of imidazole rings is 1. The lowest BCUT2D eigenvalue weighted by Crippen LogP contribution is -2.20. The molecule has 1 aromatic heterocycles. The van der Waals surface area contributed by atoms with Gasteiger partial charge in [0.2, 0.25) is 0 Å². The van der Waals surface area contributed by atoms with Crippen molar-refractivity contribution in [1.82, 2.24) is 14.9 Å². The molecule has 3 N–H and O–H groups in total. The van der Waals surface area contributed by atoms with Crippen molar-refractivity contribution in [2.45, 2.75) is 39.4 Å². The van der Waals surface area contributed by atoms with Crippen molar-refractivity contribution in [3.05, 3.63) is 18.2 Å². The van der Waals surface area contributed by atoms with Gasteiger partial charge in [0.25, 0.3) is 0 Å². The van der Waals surface area contributed by atoms with Gasteiger partial charge in [-0.05, 0) is 11.8 Å². The van der Waals surface area contributed by atoms with Crippen LogP contribution < -0.4 is 11.1 Å². The Balaban J connectivity index is 1.79. The summed E-state index contributed by atoms with van der Waals surface area (Å²) in [4.78, 5) is 4.33. The van der Waals surface area contributed by atoms with Gasteiger partial charge < -0.3 is 15.6 Å². The molecule has 1 saturated carbocycles. The van der Waals surface area contributed by atoms with E-state index in [2.05, 4.69) is 30.3 Å². The van der Waals surface area contributed by atoms with Crippen molar-refractivity contribution in [3.8, 4) is 0 Å².